The predicted octanol–water partition coefficient (Wildman–Crippen LogP) is 4.41. The molecular formula is C18H14ClN5S. The number of hydrogen-bond acceptors (Lipinski definition) is 6. The Kier molecular flexibility index (Phi) is 4.21. The molecular weight excluding hydrogens is 354 g/mol. The molecule has 0 radical (unpaired) electrons. The maximum Gasteiger partial charge on any atom is 0.236 e. The molecule has 0 spiro atoms. The van der Waals surface area contributed by atoms with Crippen molar-refractivity contribution in [2.75, 3.05) is 10.6 Å². The number of aliphatic imine (C=N–C) groups is 1. The van der Waals surface area contributed by atoms with Crippen molar-refractivity contribution in [3.63, 3.8) is 0 Å². The number of rotatable bonds is 3. The molecule has 2 heterocycles. The van der Waals surface area contributed by atoms with Crippen LogP contribution in [0, 0.1) is 0 Å². The molecule has 7 heteroatoms. The molecule has 0 aliphatic carbocycles. The highest BCUT2D eigenvalue weighted by Crippen LogP contribution is 2.28. The van der Waals surface area contributed by atoms with Gasteiger partial charge in [-0.05, 0) is 17.7 Å². The molecule has 1 aliphatic heterocycles. The van der Waals surface area contributed by atoms with Gasteiger partial charge in [-0.2, -0.15) is 9.36 Å². The number of benzene rings is 2. The molecule has 2 aromatic carbocycles. The maximum atomic E-state index is 5.82. The van der Waals surface area contributed by atoms with Crippen molar-refractivity contribution >= 4 is 39.7 Å². The fourth-order valence-electron chi connectivity index (χ4n) is 2.64. The topological polar surface area (TPSA) is 62.2 Å². The molecule has 1 atom stereocenters. The molecule has 0 amide bonds. The average molecular weight is 368 g/mol. The molecule has 0 bridgehead atoms. The largest absolute Gasteiger partial charge is 0.356 e. The molecule has 1 aromatic heterocycles. The minimum Gasteiger partial charge on any atom is -0.356 e. The van der Waals surface area contributed by atoms with Crippen LogP contribution in [-0.4, -0.2) is 21.2 Å². The Morgan fingerprint density at radius 1 is 1.08 bits per heavy atom. The number of anilines is 2. The summed E-state index contributed by atoms with van der Waals surface area (Å²) >= 11 is 7.01. The van der Waals surface area contributed by atoms with E-state index in [9.17, 15) is 0 Å². The van der Waals surface area contributed by atoms with Crippen molar-refractivity contribution in [1.82, 2.24) is 9.36 Å². The maximum absolute atomic E-state index is 5.82. The lowest BCUT2D eigenvalue weighted by atomic mass is 10.0. The summed E-state index contributed by atoms with van der Waals surface area (Å²) in [6, 6.07) is 18.1. The highest BCUT2D eigenvalue weighted by atomic mass is 35.5. The molecule has 0 saturated carbocycles. The fraction of sp³-hybridized carbons (Fsp3) is 0.0556. The number of benzodiazepines with no additional fused rings is 1. The average Bonchev–Trinajstić information content (AvgIpc) is 2.98. The van der Waals surface area contributed by atoms with Crippen LogP contribution in [0.4, 0.5) is 10.8 Å². The Hall–Kier alpha value is -2.70. The molecule has 3 aromatic rings. The van der Waals surface area contributed by atoms with Crippen molar-refractivity contribution in [2.45, 2.75) is 6.17 Å². The van der Waals surface area contributed by atoms with Gasteiger partial charge in [0.15, 0.2) is 6.17 Å². The SMILES string of the molecule is C=C1Nc2ccccc2C(c2ccccc2)=NC1Nc1nc(Cl)ns1. The van der Waals surface area contributed by atoms with Gasteiger partial charge in [0, 0.05) is 28.3 Å². The lowest BCUT2D eigenvalue weighted by Gasteiger charge is -2.16. The van der Waals surface area contributed by atoms with Crippen molar-refractivity contribution in [1.29, 1.82) is 0 Å². The molecule has 25 heavy (non-hydrogen) atoms. The number of halogens is 1. The van der Waals surface area contributed by atoms with E-state index >= 15 is 0 Å². The van der Waals surface area contributed by atoms with Crippen LogP contribution < -0.4 is 10.6 Å². The summed E-state index contributed by atoms with van der Waals surface area (Å²) in [5.41, 5.74) is 4.64. The van der Waals surface area contributed by atoms with Gasteiger partial charge in [0.2, 0.25) is 10.4 Å². The summed E-state index contributed by atoms with van der Waals surface area (Å²) in [6.45, 7) is 4.13. The van der Waals surface area contributed by atoms with Crippen molar-refractivity contribution in [2.24, 2.45) is 4.99 Å². The van der Waals surface area contributed by atoms with Gasteiger partial charge in [0.25, 0.3) is 0 Å². The van der Waals surface area contributed by atoms with Gasteiger partial charge in [-0.15, -0.1) is 0 Å². The fourth-order valence-corrected chi connectivity index (χ4v) is 3.38. The van der Waals surface area contributed by atoms with E-state index in [0.29, 0.717) is 5.13 Å². The standard InChI is InChI=1S/C18H14ClN5S/c1-11-16(22-18-23-17(19)24-25-18)21-15(12-7-3-2-4-8-12)13-9-5-6-10-14(13)20-11/h2-10,16,20H,1H2,(H,22,23,24). The monoisotopic (exact) mass is 367 g/mol. The van der Waals surface area contributed by atoms with Gasteiger partial charge < -0.3 is 10.6 Å². The first-order valence-corrected chi connectivity index (χ1v) is 8.80. The van der Waals surface area contributed by atoms with Crippen LogP contribution in [0.5, 0.6) is 0 Å². The third-order valence-electron chi connectivity index (χ3n) is 3.77. The second-order valence-corrected chi connectivity index (χ2v) is 6.54. The normalized spacial score (nSPS) is 16.4. The van der Waals surface area contributed by atoms with Crippen molar-refractivity contribution < 1.29 is 0 Å². The summed E-state index contributed by atoms with van der Waals surface area (Å²) in [5.74, 6) is 0. The highest BCUT2D eigenvalue weighted by Gasteiger charge is 2.22. The van der Waals surface area contributed by atoms with Gasteiger partial charge in [-0.3, -0.25) is 4.99 Å². The second kappa shape index (κ2) is 6.66. The van der Waals surface area contributed by atoms with E-state index < -0.39 is 6.17 Å². The van der Waals surface area contributed by atoms with Gasteiger partial charge in [0.05, 0.1) is 11.4 Å². The summed E-state index contributed by atoms with van der Waals surface area (Å²) in [6.07, 6.45) is -0.397. The van der Waals surface area contributed by atoms with Crippen LogP contribution in [0.2, 0.25) is 5.28 Å². The first kappa shape index (κ1) is 15.8. The third kappa shape index (κ3) is 3.26. The van der Waals surface area contributed by atoms with Gasteiger partial charge in [-0.25, -0.2) is 0 Å². The van der Waals surface area contributed by atoms with E-state index in [-0.39, 0.29) is 5.28 Å². The molecule has 5 nitrogen and oxygen atoms in total. The van der Waals surface area contributed by atoms with E-state index in [2.05, 4.69) is 26.6 Å². The van der Waals surface area contributed by atoms with Crippen LogP contribution in [0.15, 0.2) is 71.9 Å². The lowest BCUT2D eigenvalue weighted by Crippen LogP contribution is -2.23. The third-order valence-corrected chi connectivity index (χ3v) is 4.69. The number of nitrogens with one attached hydrogen (secondary N) is 2. The molecule has 124 valence electrons. The number of aromatic nitrogens is 2. The van der Waals surface area contributed by atoms with Crippen LogP contribution in [0.1, 0.15) is 11.1 Å². The first-order valence-electron chi connectivity index (χ1n) is 7.65. The van der Waals surface area contributed by atoms with Gasteiger partial charge >= 0.3 is 0 Å². The van der Waals surface area contributed by atoms with E-state index in [4.69, 9.17) is 16.6 Å². The number of hydrogen-bond donors (Lipinski definition) is 2. The minimum absolute atomic E-state index is 0.218. The lowest BCUT2D eigenvalue weighted by molar-refractivity contribution is 0.891. The quantitative estimate of drug-likeness (QED) is 0.720. The van der Waals surface area contributed by atoms with E-state index in [1.165, 1.54) is 11.5 Å². The van der Waals surface area contributed by atoms with Crippen LogP contribution in [-0.2, 0) is 0 Å². The van der Waals surface area contributed by atoms with Crippen molar-refractivity contribution in [3.05, 3.63) is 83.3 Å². The summed E-state index contributed by atoms with van der Waals surface area (Å²) < 4.78 is 3.98. The summed E-state index contributed by atoms with van der Waals surface area (Å²) in [7, 11) is 0. The van der Waals surface area contributed by atoms with Crippen molar-refractivity contribution in [3.8, 4) is 0 Å². The number of nitrogens with zero attached hydrogens (tertiary/aromatic N) is 3. The van der Waals surface area contributed by atoms with E-state index in [1.807, 2.05) is 54.6 Å². The first-order chi connectivity index (χ1) is 12.2. The van der Waals surface area contributed by atoms with E-state index in [0.717, 1.165) is 28.2 Å². The predicted molar refractivity (Wildman–Crippen MR) is 104 cm³/mol. The molecule has 1 aliphatic rings. The Morgan fingerprint density at radius 2 is 1.84 bits per heavy atom. The Bertz CT molecular complexity index is 951. The summed E-state index contributed by atoms with van der Waals surface area (Å²) in [4.78, 5) is 9.05. The van der Waals surface area contributed by atoms with Crippen LogP contribution in [0.25, 0.3) is 0 Å². The second-order valence-electron chi connectivity index (χ2n) is 5.45. The Balaban J connectivity index is 1.80. The zero-order valence-electron chi connectivity index (χ0n) is 13.1. The smallest absolute Gasteiger partial charge is 0.236 e. The highest BCUT2D eigenvalue weighted by molar-refractivity contribution is 7.09. The van der Waals surface area contributed by atoms with Gasteiger partial charge in [0.1, 0.15) is 0 Å². The minimum atomic E-state index is -0.397. The molecule has 4 rings (SSSR count). The molecule has 1 unspecified atom stereocenters. The van der Waals surface area contributed by atoms with Crippen LogP contribution >= 0.6 is 23.1 Å². The molecule has 0 fully saturated rings. The summed E-state index contributed by atoms with van der Waals surface area (Å²) in [5, 5.41) is 7.40. The van der Waals surface area contributed by atoms with E-state index in [1.54, 1.807) is 0 Å². The molecule has 2 N–H and O–H groups in total. The number of fused-ring (bicyclic) bond motifs is 1. The Morgan fingerprint density at radius 3 is 2.60 bits per heavy atom. The zero-order chi connectivity index (χ0) is 17.2. The van der Waals surface area contributed by atoms with Crippen LogP contribution in [0.3, 0.4) is 0 Å². The number of para-hydroxylation sites is 1. The molecule has 0 saturated heterocycles. The Labute approximate surface area is 154 Å². The zero-order valence-corrected chi connectivity index (χ0v) is 14.7. The van der Waals surface area contributed by atoms with Gasteiger partial charge in [-0.1, -0.05) is 55.1 Å².